The third kappa shape index (κ3) is 9.41. The van der Waals surface area contributed by atoms with Crippen molar-refractivity contribution in [1.82, 2.24) is 9.88 Å². The van der Waals surface area contributed by atoms with Crippen molar-refractivity contribution >= 4 is 11.8 Å². The molecule has 0 amide bonds. The number of ether oxygens (including phenoxy) is 1. The summed E-state index contributed by atoms with van der Waals surface area (Å²) in [5.74, 6) is 0.305. The highest BCUT2D eigenvalue weighted by Gasteiger charge is 2.18. The van der Waals surface area contributed by atoms with Crippen molar-refractivity contribution in [2.24, 2.45) is 0 Å². The molecular weight excluding hydrogens is 382 g/mol. The van der Waals surface area contributed by atoms with Gasteiger partial charge in [0.15, 0.2) is 0 Å². The SMILES string of the molecule is CC(C)(CCO)OCCN(CCCCc1ccc2c(n1)NCCC2)CCCC(=O)O. The van der Waals surface area contributed by atoms with E-state index in [1.54, 1.807) is 0 Å². The van der Waals surface area contributed by atoms with Gasteiger partial charge in [0.1, 0.15) is 5.82 Å². The molecular formula is C23H39N3O4. The number of nitrogens with one attached hydrogen (secondary N) is 1. The number of pyridine rings is 1. The Hall–Kier alpha value is -1.70. The second-order valence-corrected chi connectivity index (χ2v) is 8.72. The highest BCUT2D eigenvalue weighted by atomic mass is 16.5. The molecule has 30 heavy (non-hydrogen) atoms. The number of rotatable bonds is 15. The molecule has 7 heteroatoms. The van der Waals surface area contributed by atoms with E-state index in [0.717, 1.165) is 63.4 Å². The van der Waals surface area contributed by atoms with Gasteiger partial charge in [0.25, 0.3) is 0 Å². The molecule has 0 bridgehead atoms. The lowest BCUT2D eigenvalue weighted by atomic mass is 10.1. The van der Waals surface area contributed by atoms with Crippen molar-refractivity contribution in [3.63, 3.8) is 0 Å². The maximum atomic E-state index is 10.8. The van der Waals surface area contributed by atoms with Gasteiger partial charge in [0, 0.05) is 31.8 Å². The average Bonchev–Trinajstić information content (AvgIpc) is 2.70. The lowest BCUT2D eigenvalue weighted by molar-refractivity contribution is -0.137. The number of unbranched alkanes of at least 4 members (excludes halogenated alkanes) is 1. The molecule has 170 valence electrons. The van der Waals surface area contributed by atoms with Gasteiger partial charge in [-0.2, -0.15) is 0 Å². The van der Waals surface area contributed by atoms with Gasteiger partial charge in [-0.05, 0) is 83.5 Å². The Kier molecular flexibility index (Phi) is 10.5. The van der Waals surface area contributed by atoms with Crippen LogP contribution in [0.3, 0.4) is 0 Å². The van der Waals surface area contributed by atoms with Gasteiger partial charge in [0.2, 0.25) is 0 Å². The number of aliphatic hydroxyl groups excluding tert-OH is 1. The molecule has 1 aromatic heterocycles. The van der Waals surface area contributed by atoms with Gasteiger partial charge in [-0.15, -0.1) is 0 Å². The number of aryl methyl sites for hydroxylation is 2. The Morgan fingerprint density at radius 2 is 2.03 bits per heavy atom. The van der Waals surface area contributed by atoms with Crippen LogP contribution >= 0.6 is 0 Å². The van der Waals surface area contributed by atoms with Gasteiger partial charge >= 0.3 is 5.97 Å². The van der Waals surface area contributed by atoms with E-state index < -0.39 is 5.97 Å². The van der Waals surface area contributed by atoms with E-state index >= 15 is 0 Å². The van der Waals surface area contributed by atoms with E-state index in [9.17, 15) is 4.79 Å². The number of aliphatic carboxylic acids is 1. The van der Waals surface area contributed by atoms with Crippen LogP contribution < -0.4 is 5.32 Å². The molecule has 3 N–H and O–H groups in total. The van der Waals surface area contributed by atoms with E-state index in [1.165, 1.54) is 12.0 Å². The summed E-state index contributed by atoms with van der Waals surface area (Å²) in [6.45, 7) is 8.13. The van der Waals surface area contributed by atoms with Crippen molar-refractivity contribution in [2.75, 3.05) is 44.7 Å². The largest absolute Gasteiger partial charge is 0.481 e. The Bertz CT molecular complexity index is 651. The van der Waals surface area contributed by atoms with Gasteiger partial charge in [0.05, 0.1) is 12.2 Å². The zero-order valence-electron chi connectivity index (χ0n) is 18.7. The first-order valence-electron chi connectivity index (χ1n) is 11.3. The molecule has 0 saturated carbocycles. The molecule has 1 aliphatic rings. The zero-order valence-corrected chi connectivity index (χ0v) is 18.7. The Morgan fingerprint density at radius 3 is 2.80 bits per heavy atom. The molecule has 0 aromatic carbocycles. The summed E-state index contributed by atoms with van der Waals surface area (Å²) in [6.07, 6.45) is 6.78. The van der Waals surface area contributed by atoms with E-state index in [0.29, 0.717) is 19.4 Å². The number of hydrogen-bond acceptors (Lipinski definition) is 6. The molecule has 2 heterocycles. The van der Waals surface area contributed by atoms with Gasteiger partial charge in [-0.3, -0.25) is 4.79 Å². The number of aromatic nitrogens is 1. The number of carboxylic acids is 1. The fourth-order valence-corrected chi connectivity index (χ4v) is 3.73. The van der Waals surface area contributed by atoms with Crippen LogP contribution in [0.5, 0.6) is 0 Å². The topological polar surface area (TPSA) is 94.9 Å². The van der Waals surface area contributed by atoms with Gasteiger partial charge in [-0.25, -0.2) is 4.98 Å². The molecule has 2 rings (SSSR count). The third-order valence-electron chi connectivity index (χ3n) is 5.59. The lowest BCUT2D eigenvalue weighted by Crippen LogP contribution is -2.34. The summed E-state index contributed by atoms with van der Waals surface area (Å²) in [5.41, 5.74) is 2.11. The maximum Gasteiger partial charge on any atom is 0.303 e. The van der Waals surface area contributed by atoms with Crippen molar-refractivity contribution in [3.8, 4) is 0 Å². The van der Waals surface area contributed by atoms with E-state index in [4.69, 9.17) is 19.9 Å². The normalized spacial score (nSPS) is 13.9. The smallest absolute Gasteiger partial charge is 0.303 e. The number of anilines is 1. The minimum absolute atomic E-state index is 0.113. The molecule has 0 saturated heterocycles. The van der Waals surface area contributed by atoms with Crippen LogP contribution in [0.4, 0.5) is 5.82 Å². The second-order valence-electron chi connectivity index (χ2n) is 8.72. The number of hydrogen-bond donors (Lipinski definition) is 3. The van der Waals surface area contributed by atoms with E-state index in [-0.39, 0.29) is 18.6 Å². The molecule has 1 aliphatic heterocycles. The highest BCUT2D eigenvalue weighted by Crippen LogP contribution is 2.20. The monoisotopic (exact) mass is 421 g/mol. The van der Waals surface area contributed by atoms with Gasteiger partial charge < -0.3 is 25.2 Å². The van der Waals surface area contributed by atoms with Crippen LogP contribution in [-0.4, -0.2) is 71.1 Å². The van der Waals surface area contributed by atoms with Crippen LogP contribution in [0.2, 0.25) is 0 Å². The molecule has 0 aliphatic carbocycles. The predicted molar refractivity (Wildman–Crippen MR) is 119 cm³/mol. The van der Waals surface area contributed by atoms with Crippen molar-refractivity contribution in [3.05, 3.63) is 23.4 Å². The van der Waals surface area contributed by atoms with Crippen LogP contribution in [0.25, 0.3) is 0 Å². The third-order valence-corrected chi connectivity index (χ3v) is 5.59. The molecule has 0 fully saturated rings. The summed E-state index contributed by atoms with van der Waals surface area (Å²) in [6, 6.07) is 4.35. The summed E-state index contributed by atoms with van der Waals surface area (Å²) >= 11 is 0. The van der Waals surface area contributed by atoms with Crippen molar-refractivity contribution in [2.45, 2.75) is 70.8 Å². The Balaban J connectivity index is 1.74. The number of fused-ring (bicyclic) bond motifs is 1. The minimum atomic E-state index is -0.748. The summed E-state index contributed by atoms with van der Waals surface area (Å²) < 4.78 is 5.92. The molecule has 1 aromatic rings. The summed E-state index contributed by atoms with van der Waals surface area (Å²) in [5, 5.41) is 21.4. The van der Waals surface area contributed by atoms with Crippen LogP contribution in [-0.2, 0) is 22.4 Å². The molecule has 0 radical (unpaired) electrons. The highest BCUT2D eigenvalue weighted by molar-refractivity contribution is 5.66. The first-order valence-corrected chi connectivity index (χ1v) is 11.3. The molecule has 0 atom stereocenters. The van der Waals surface area contributed by atoms with Crippen molar-refractivity contribution < 1.29 is 19.7 Å². The first kappa shape index (κ1) is 24.6. The van der Waals surface area contributed by atoms with Crippen molar-refractivity contribution in [1.29, 1.82) is 0 Å². The number of aliphatic hydroxyl groups is 1. The average molecular weight is 422 g/mol. The number of nitrogens with zero attached hydrogens (tertiary/aromatic N) is 2. The molecule has 7 nitrogen and oxygen atoms in total. The Labute approximate surface area is 180 Å². The Morgan fingerprint density at radius 1 is 1.23 bits per heavy atom. The number of carbonyl (C=O) groups is 1. The standard InChI is InChI=1S/C23H39N3O4/c1-23(2,12-17-27)30-18-16-26(15-6-9-21(28)29)14-4-3-8-20-11-10-19-7-5-13-24-22(19)25-20/h10-11,27H,3-9,12-18H2,1-2H3,(H,24,25)(H,28,29). The van der Waals surface area contributed by atoms with Gasteiger partial charge in [-0.1, -0.05) is 6.07 Å². The van der Waals surface area contributed by atoms with Crippen LogP contribution in [0, 0.1) is 0 Å². The minimum Gasteiger partial charge on any atom is -0.481 e. The predicted octanol–water partition coefficient (Wildman–Crippen LogP) is 3.11. The van der Waals surface area contributed by atoms with E-state index in [2.05, 4.69) is 22.3 Å². The fraction of sp³-hybridized carbons (Fsp3) is 0.739. The maximum absolute atomic E-state index is 10.8. The first-order chi connectivity index (χ1) is 14.4. The number of carboxylic acid groups (broad SMARTS) is 1. The summed E-state index contributed by atoms with van der Waals surface area (Å²) in [4.78, 5) is 17.9. The second kappa shape index (κ2) is 12.9. The zero-order chi connectivity index (χ0) is 21.8. The van der Waals surface area contributed by atoms with E-state index in [1.807, 2.05) is 13.8 Å². The lowest BCUT2D eigenvalue weighted by Gasteiger charge is -2.27. The molecule has 0 spiro atoms. The fourth-order valence-electron chi connectivity index (χ4n) is 3.73. The quantitative estimate of drug-likeness (QED) is 0.375. The van der Waals surface area contributed by atoms with Crippen LogP contribution in [0.1, 0.15) is 63.6 Å². The van der Waals surface area contributed by atoms with Crippen LogP contribution in [0.15, 0.2) is 12.1 Å². The molecule has 0 unspecified atom stereocenters. The summed E-state index contributed by atoms with van der Waals surface area (Å²) in [7, 11) is 0.